The molecular formula is C15H23FN2O2S. The van der Waals surface area contributed by atoms with Crippen LogP contribution in [0.2, 0.25) is 0 Å². The van der Waals surface area contributed by atoms with E-state index >= 15 is 0 Å². The van der Waals surface area contributed by atoms with E-state index in [9.17, 15) is 12.8 Å². The summed E-state index contributed by atoms with van der Waals surface area (Å²) in [6.07, 6.45) is 3.57. The molecule has 0 bridgehead atoms. The lowest BCUT2D eigenvalue weighted by Crippen LogP contribution is -2.39. The number of benzene rings is 1. The van der Waals surface area contributed by atoms with Crippen molar-refractivity contribution in [2.45, 2.75) is 57.0 Å². The first-order valence-corrected chi connectivity index (χ1v) is 8.73. The molecule has 2 rings (SSSR count). The minimum atomic E-state index is -3.73. The standard InChI is InChI=1S/C15H23FN2O2S/c1-15(2)8-6-11(7-9-15)18-21(19,20)14-5-3-4-13(16)12(14)10-17/h3-5,11,18H,6-10,17H2,1-2H3. The van der Waals surface area contributed by atoms with Gasteiger partial charge in [0.1, 0.15) is 5.82 Å². The maximum atomic E-state index is 13.7. The van der Waals surface area contributed by atoms with Crippen LogP contribution in [-0.4, -0.2) is 14.5 Å². The summed E-state index contributed by atoms with van der Waals surface area (Å²) in [7, 11) is -3.73. The number of halogens is 1. The highest BCUT2D eigenvalue weighted by Crippen LogP contribution is 2.35. The SMILES string of the molecule is CC1(C)CCC(NS(=O)(=O)c2cccc(F)c2CN)CC1. The second kappa shape index (κ2) is 6.02. The molecule has 1 aromatic rings. The van der Waals surface area contributed by atoms with Gasteiger partial charge in [0.25, 0.3) is 0 Å². The van der Waals surface area contributed by atoms with Crippen LogP contribution in [0.1, 0.15) is 45.1 Å². The average Bonchev–Trinajstić information content (AvgIpc) is 2.41. The van der Waals surface area contributed by atoms with Crippen LogP contribution in [0.4, 0.5) is 4.39 Å². The van der Waals surface area contributed by atoms with Gasteiger partial charge in [-0.25, -0.2) is 17.5 Å². The number of hydrogen-bond donors (Lipinski definition) is 2. The van der Waals surface area contributed by atoms with Crippen LogP contribution in [0.5, 0.6) is 0 Å². The number of hydrogen-bond acceptors (Lipinski definition) is 3. The summed E-state index contributed by atoms with van der Waals surface area (Å²) < 4.78 is 41.3. The minimum absolute atomic E-state index is 0.0427. The Morgan fingerprint density at radius 1 is 1.33 bits per heavy atom. The number of nitrogens with two attached hydrogens (primary N) is 1. The zero-order valence-electron chi connectivity index (χ0n) is 12.5. The van der Waals surface area contributed by atoms with Crippen molar-refractivity contribution in [2.75, 3.05) is 0 Å². The summed E-state index contributed by atoms with van der Waals surface area (Å²) in [5, 5.41) is 0. The number of sulfonamides is 1. The molecule has 0 unspecified atom stereocenters. The summed E-state index contributed by atoms with van der Waals surface area (Å²) in [6, 6.07) is 3.94. The number of nitrogens with one attached hydrogen (secondary N) is 1. The second-order valence-corrected chi connectivity index (χ2v) is 8.16. The molecule has 6 heteroatoms. The van der Waals surface area contributed by atoms with Crippen molar-refractivity contribution >= 4 is 10.0 Å². The molecule has 1 aliphatic rings. The molecule has 1 fully saturated rings. The third kappa shape index (κ3) is 3.81. The van der Waals surface area contributed by atoms with Gasteiger partial charge in [0.05, 0.1) is 4.90 Å². The first-order valence-electron chi connectivity index (χ1n) is 7.25. The van der Waals surface area contributed by atoms with Crippen LogP contribution in [0, 0.1) is 11.2 Å². The van der Waals surface area contributed by atoms with Gasteiger partial charge >= 0.3 is 0 Å². The minimum Gasteiger partial charge on any atom is -0.326 e. The van der Waals surface area contributed by atoms with Crippen LogP contribution in [0.3, 0.4) is 0 Å². The molecule has 1 aromatic carbocycles. The van der Waals surface area contributed by atoms with Crippen molar-refractivity contribution in [3.8, 4) is 0 Å². The third-order valence-corrected chi connectivity index (χ3v) is 5.84. The van der Waals surface area contributed by atoms with E-state index in [0.717, 1.165) is 25.7 Å². The zero-order valence-corrected chi connectivity index (χ0v) is 13.3. The van der Waals surface area contributed by atoms with Crippen molar-refractivity contribution < 1.29 is 12.8 Å². The Balaban J connectivity index is 2.18. The molecule has 0 aliphatic heterocycles. The summed E-state index contributed by atoms with van der Waals surface area (Å²) in [5.41, 5.74) is 5.79. The molecule has 0 saturated heterocycles. The zero-order chi connectivity index (χ0) is 15.7. The fourth-order valence-corrected chi connectivity index (χ4v) is 4.35. The van der Waals surface area contributed by atoms with Crippen LogP contribution >= 0.6 is 0 Å². The van der Waals surface area contributed by atoms with Crippen molar-refractivity contribution in [1.82, 2.24) is 4.72 Å². The lowest BCUT2D eigenvalue weighted by Gasteiger charge is -2.34. The molecule has 1 aliphatic carbocycles. The van der Waals surface area contributed by atoms with E-state index in [1.807, 2.05) is 0 Å². The van der Waals surface area contributed by atoms with Gasteiger partial charge < -0.3 is 5.73 Å². The van der Waals surface area contributed by atoms with Gasteiger partial charge in [-0.05, 0) is 43.2 Å². The van der Waals surface area contributed by atoms with Gasteiger partial charge in [-0.1, -0.05) is 19.9 Å². The monoisotopic (exact) mass is 314 g/mol. The molecule has 1 saturated carbocycles. The van der Waals surface area contributed by atoms with E-state index in [0.29, 0.717) is 0 Å². The van der Waals surface area contributed by atoms with Crippen molar-refractivity contribution in [3.05, 3.63) is 29.6 Å². The normalized spacial score (nSPS) is 19.6. The van der Waals surface area contributed by atoms with E-state index in [2.05, 4.69) is 18.6 Å². The van der Waals surface area contributed by atoms with E-state index in [1.54, 1.807) is 0 Å². The van der Waals surface area contributed by atoms with Crippen LogP contribution in [0.25, 0.3) is 0 Å². The molecule has 0 heterocycles. The molecule has 0 atom stereocenters. The molecule has 3 N–H and O–H groups in total. The van der Waals surface area contributed by atoms with Gasteiger partial charge in [0, 0.05) is 18.2 Å². The highest BCUT2D eigenvalue weighted by atomic mass is 32.2. The lowest BCUT2D eigenvalue weighted by atomic mass is 9.76. The Hall–Kier alpha value is -0.980. The van der Waals surface area contributed by atoms with Gasteiger partial charge in [0.15, 0.2) is 0 Å². The van der Waals surface area contributed by atoms with Crippen LogP contribution in [-0.2, 0) is 16.6 Å². The summed E-state index contributed by atoms with van der Waals surface area (Å²) >= 11 is 0. The van der Waals surface area contributed by atoms with Gasteiger partial charge in [-0.15, -0.1) is 0 Å². The quantitative estimate of drug-likeness (QED) is 0.897. The Labute approximate surface area is 126 Å². The van der Waals surface area contributed by atoms with E-state index in [1.165, 1.54) is 18.2 Å². The fourth-order valence-electron chi connectivity index (χ4n) is 2.79. The molecule has 0 amide bonds. The Morgan fingerprint density at radius 2 is 1.95 bits per heavy atom. The maximum absolute atomic E-state index is 13.7. The molecule has 4 nitrogen and oxygen atoms in total. The molecule has 0 radical (unpaired) electrons. The van der Waals surface area contributed by atoms with E-state index < -0.39 is 15.8 Å². The first-order chi connectivity index (χ1) is 9.75. The maximum Gasteiger partial charge on any atom is 0.241 e. The Kier molecular flexibility index (Phi) is 4.70. The molecule has 0 spiro atoms. The number of rotatable bonds is 4. The molecule has 0 aromatic heterocycles. The van der Waals surface area contributed by atoms with Crippen LogP contribution < -0.4 is 10.5 Å². The van der Waals surface area contributed by atoms with Gasteiger partial charge in [-0.3, -0.25) is 0 Å². The third-order valence-electron chi connectivity index (χ3n) is 4.23. The topological polar surface area (TPSA) is 72.2 Å². The van der Waals surface area contributed by atoms with Crippen molar-refractivity contribution in [2.24, 2.45) is 11.1 Å². The summed E-state index contributed by atoms with van der Waals surface area (Å²) in [6.45, 7) is 4.24. The second-order valence-electron chi connectivity index (χ2n) is 6.48. The summed E-state index contributed by atoms with van der Waals surface area (Å²) in [5.74, 6) is -0.579. The molecular weight excluding hydrogens is 291 g/mol. The first kappa shape index (κ1) is 16.4. The Bertz CT molecular complexity index is 604. The van der Waals surface area contributed by atoms with E-state index in [4.69, 9.17) is 5.73 Å². The lowest BCUT2D eigenvalue weighted by molar-refractivity contribution is 0.218. The van der Waals surface area contributed by atoms with Gasteiger partial charge in [-0.2, -0.15) is 0 Å². The molecule has 118 valence electrons. The summed E-state index contributed by atoms with van der Waals surface area (Å²) in [4.78, 5) is -0.0465. The van der Waals surface area contributed by atoms with Gasteiger partial charge in [0.2, 0.25) is 10.0 Å². The highest BCUT2D eigenvalue weighted by molar-refractivity contribution is 7.89. The van der Waals surface area contributed by atoms with Crippen molar-refractivity contribution in [1.29, 1.82) is 0 Å². The van der Waals surface area contributed by atoms with Crippen LogP contribution in [0.15, 0.2) is 23.1 Å². The average molecular weight is 314 g/mol. The molecule has 21 heavy (non-hydrogen) atoms. The predicted octanol–water partition coefficient (Wildman–Crippen LogP) is 2.53. The highest BCUT2D eigenvalue weighted by Gasteiger charge is 2.30. The smallest absolute Gasteiger partial charge is 0.241 e. The Morgan fingerprint density at radius 3 is 2.52 bits per heavy atom. The fraction of sp³-hybridized carbons (Fsp3) is 0.600. The predicted molar refractivity (Wildman–Crippen MR) is 80.6 cm³/mol. The van der Waals surface area contributed by atoms with E-state index in [-0.39, 0.29) is 28.5 Å². The van der Waals surface area contributed by atoms with Crippen molar-refractivity contribution in [3.63, 3.8) is 0 Å². The largest absolute Gasteiger partial charge is 0.326 e.